The normalized spacial score (nSPS) is 15.8. The maximum atomic E-state index is 13.1. The molecule has 0 aliphatic carbocycles. The Morgan fingerprint density at radius 2 is 1.67 bits per heavy atom. The third-order valence-electron chi connectivity index (χ3n) is 5.60. The Labute approximate surface area is 180 Å². The summed E-state index contributed by atoms with van der Waals surface area (Å²) in [7, 11) is -3.52. The minimum absolute atomic E-state index is 0.0761. The van der Waals surface area contributed by atoms with Crippen LogP contribution in [0.25, 0.3) is 0 Å². The van der Waals surface area contributed by atoms with Crippen molar-refractivity contribution in [2.45, 2.75) is 32.2 Å². The second-order valence-corrected chi connectivity index (χ2v) is 9.75. The van der Waals surface area contributed by atoms with Gasteiger partial charge in [0.1, 0.15) is 0 Å². The molecule has 0 atom stereocenters. The van der Waals surface area contributed by atoms with Crippen molar-refractivity contribution in [3.8, 4) is 0 Å². The Bertz CT molecular complexity index is 968. The number of nitrogens with zero attached hydrogens (tertiary/aromatic N) is 3. The number of carbonyl (C=O) groups is 1. The summed E-state index contributed by atoms with van der Waals surface area (Å²) in [6, 6.07) is 15.5. The van der Waals surface area contributed by atoms with Crippen LogP contribution in [0.5, 0.6) is 0 Å². The highest BCUT2D eigenvalue weighted by atomic mass is 32.2. The Balaban J connectivity index is 1.58. The van der Waals surface area contributed by atoms with E-state index in [1.54, 1.807) is 6.07 Å². The van der Waals surface area contributed by atoms with Crippen LogP contribution in [0.3, 0.4) is 0 Å². The number of rotatable bonds is 7. The van der Waals surface area contributed by atoms with Crippen LogP contribution < -0.4 is 0 Å². The molecule has 0 unspecified atom stereocenters. The van der Waals surface area contributed by atoms with Crippen LogP contribution in [0.15, 0.2) is 53.4 Å². The summed E-state index contributed by atoms with van der Waals surface area (Å²) in [5.41, 5.74) is 2.80. The smallest absolute Gasteiger partial charge is 0.243 e. The van der Waals surface area contributed by atoms with E-state index in [9.17, 15) is 13.2 Å². The predicted molar refractivity (Wildman–Crippen MR) is 119 cm³/mol. The Kier molecular flexibility index (Phi) is 7.28. The van der Waals surface area contributed by atoms with Crippen molar-refractivity contribution in [1.29, 1.82) is 0 Å². The van der Waals surface area contributed by atoms with Gasteiger partial charge in [-0.1, -0.05) is 42.5 Å². The first-order valence-electron chi connectivity index (χ1n) is 10.4. The van der Waals surface area contributed by atoms with Crippen LogP contribution in [0, 0.1) is 13.8 Å². The molecule has 1 aliphatic rings. The number of carbonyl (C=O) groups excluding carboxylic acids is 1. The largest absolute Gasteiger partial charge is 0.338 e. The van der Waals surface area contributed by atoms with Crippen LogP contribution >= 0.6 is 0 Å². The van der Waals surface area contributed by atoms with E-state index < -0.39 is 10.0 Å². The van der Waals surface area contributed by atoms with Crippen molar-refractivity contribution in [1.82, 2.24) is 14.1 Å². The molecular formula is C23H31N3O3S. The molecule has 0 spiro atoms. The van der Waals surface area contributed by atoms with Crippen molar-refractivity contribution >= 4 is 15.9 Å². The summed E-state index contributed by atoms with van der Waals surface area (Å²) in [6.45, 7) is 9.17. The lowest BCUT2D eigenvalue weighted by molar-refractivity contribution is -0.133. The molecule has 0 N–H and O–H groups in total. The number of hydrogen-bond acceptors (Lipinski definition) is 4. The lowest BCUT2D eigenvalue weighted by atomic mass is 10.2. The third kappa shape index (κ3) is 5.28. The first-order valence-corrected chi connectivity index (χ1v) is 11.9. The molecule has 7 heteroatoms. The van der Waals surface area contributed by atoms with Gasteiger partial charge in [0.2, 0.25) is 15.9 Å². The van der Waals surface area contributed by atoms with Gasteiger partial charge in [0.25, 0.3) is 0 Å². The van der Waals surface area contributed by atoms with Gasteiger partial charge in [-0.05, 0) is 43.5 Å². The average molecular weight is 430 g/mol. The molecule has 1 amide bonds. The lowest BCUT2D eigenvalue weighted by Gasteiger charge is -2.35. The number of benzene rings is 2. The highest BCUT2D eigenvalue weighted by Crippen LogP contribution is 2.22. The average Bonchev–Trinajstić information content (AvgIpc) is 2.74. The number of likely N-dealkylation sites (N-methyl/N-ethyl adjacent to an activating group) is 1. The van der Waals surface area contributed by atoms with Gasteiger partial charge in [-0.3, -0.25) is 9.69 Å². The van der Waals surface area contributed by atoms with Crippen LogP contribution in [-0.4, -0.2) is 67.7 Å². The third-order valence-corrected chi connectivity index (χ3v) is 7.64. The molecule has 2 aromatic rings. The van der Waals surface area contributed by atoms with E-state index in [0.29, 0.717) is 50.7 Å². The molecule has 30 heavy (non-hydrogen) atoms. The fourth-order valence-electron chi connectivity index (χ4n) is 3.72. The minimum Gasteiger partial charge on any atom is -0.338 e. The minimum atomic E-state index is -3.52. The van der Waals surface area contributed by atoms with E-state index in [-0.39, 0.29) is 5.91 Å². The second kappa shape index (κ2) is 9.73. The van der Waals surface area contributed by atoms with Crippen LogP contribution in [0.4, 0.5) is 0 Å². The van der Waals surface area contributed by atoms with Gasteiger partial charge in [0, 0.05) is 39.3 Å². The highest BCUT2D eigenvalue weighted by Gasteiger charge is 2.30. The molecule has 0 saturated carbocycles. The van der Waals surface area contributed by atoms with Crippen molar-refractivity contribution in [2.24, 2.45) is 0 Å². The van der Waals surface area contributed by atoms with Gasteiger partial charge < -0.3 is 4.90 Å². The maximum absolute atomic E-state index is 13.1. The van der Waals surface area contributed by atoms with Crippen molar-refractivity contribution in [3.63, 3.8) is 0 Å². The van der Waals surface area contributed by atoms with E-state index in [1.807, 2.05) is 73.0 Å². The standard InChI is InChI=1S/C23H31N3O3S/c1-4-25(17-21-8-6-5-7-9-21)23(27)18-24-12-14-26(15-13-24)30(28,29)22-16-19(2)10-11-20(22)3/h5-11,16H,4,12-15,17-18H2,1-3H3. The predicted octanol–water partition coefficient (Wildman–Crippen LogP) is 2.66. The zero-order chi connectivity index (χ0) is 21.7. The molecule has 1 fully saturated rings. The molecule has 0 aromatic heterocycles. The zero-order valence-corrected chi connectivity index (χ0v) is 18.9. The van der Waals surface area contributed by atoms with Crippen LogP contribution in [-0.2, 0) is 21.4 Å². The number of aryl methyl sites for hydroxylation is 2. The number of sulfonamides is 1. The van der Waals surface area contributed by atoms with Crippen LogP contribution in [0.2, 0.25) is 0 Å². The topological polar surface area (TPSA) is 60.9 Å². The first kappa shape index (κ1) is 22.5. The summed E-state index contributed by atoms with van der Waals surface area (Å²) in [5, 5.41) is 0. The summed E-state index contributed by atoms with van der Waals surface area (Å²) < 4.78 is 27.7. The number of amides is 1. The number of hydrogen-bond donors (Lipinski definition) is 0. The Morgan fingerprint density at radius 1 is 1.00 bits per heavy atom. The monoisotopic (exact) mass is 429 g/mol. The fraction of sp³-hybridized carbons (Fsp3) is 0.435. The molecule has 3 rings (SSSR count). The molecule has 162 valence electrons. The van der Waals surface area contributed by atoms with Crippen molar-refractivity contribution in [3.05, 3.63) is 65.2 Å². The van der Waals surface area contributed by atoms with Gasteiger partial charge >= 0.3 is 0 Å². The maximum Gasteiger partial charge on any atom is 0.243 e. The molecule has 0 radical (unpaired) electrons. The second-order valence-electron chi connectivity index (χ2n) is 7.84. The van der Waals surface area contributed by atoms with Gasteiger partial charge in [0.15, 0.2) is 0 Å². The molecule has 2 aromatic carbocycles. The number of piperazine rings is 1. The Morgan fingerprint density at radius 3 is 2.30 bits per heavy atom. The lowest BCUT2D eigenvalue weighted by Crippen LogP contribution is -2.51. The zero-order valence-electron chi connectivity index (χ0n) is 18.0. The van der Waals surface area contributed by atoms with E-state index >= 15 is 0 Å². The summed E-state index contributed by atoms with van der Waals surface area (Å²) in [6.07, 6.45) is 0. The SMILES string of the molecule is CCN(Cc1ccccc1)C(=O)CN1CCN(S(=O)(=O)c2cc(C)ccc2C)CC1. The van der Waals surface area contributed by atoms with Crippen molar-refractivity contribution in [2.75, 3.05) is 39.3 Å². The van der Waals surface area contributed by atoms with Gasteiger partial charge in [-0.2, -0.15) is 4.31 Å². The highest BCUT2D eigenvalue weighted by molar-refractivity contribution is 7.89. The molecule has 0 bridgehead atoms. The van der Waals surface area contributed by atoms with Gasteiger partial charge in [-0.25, -0.2) is 8.42 Å². The molecule has 1 saturated heterocycles. The summed E-state index contributed by atoms with van der Waals surface area (Å²) >= 11 is 0. The molecule has 1 aliphatic heterocycles. The summed E-state index contributed by atoms with van der Waals surface area (Å²) in [4.78, 5) is 17.1. The van der Waals surface area contributed by atoms with E-state index in [0.717, 1.165) is 16.7 Å². The van der Waals surface area contributed by atoms with E-state index in [1.165, 1.54) is 4.31 Å². The van der Waals surface area contributed by atoms with E-state index in [2.05, 4.69) is 0 Å². The van der Waals surface area contributed by atoms with Crippen molar-refractivity contribution < 1.29 is 13.2 Å². The van der Waals surface area contributed by atoms with E-state index in [4.69, 9.17) is 0 Å². The van der Waals surface area contributed by atoms with Gasteiger partial charge in [-0.15, -0.1) is 0 Å². The molecule has 1 heterocycles. The Hall–Kier alpha value is -2.22. The molecular weight excluding hydrogens is 398 g/mol. The van der Waals surface area contributed by atoms with Gasteiger partial charge in [0.05, 0.1) is 11.4 Å². The fourth-order valence-corrected chi connectivity index (χ4v) is 5.46. The first-order chi connectivity index (χ1) is 14.3. The summed E-state index contributed by atoms with van der Waals surface area (Å²) in [5.74, 6) is 0.0761. The molecule has 6 nitrogen and oxygen atoms in total. The van der Waals surface area contributed by atoms with Crippen LogP contribution in [0.1, 0.15) is 23.6 Å². The quantitative estimate of drug-likeness (QED) is 0.679.